The largest absolute Gasteiger partial charge is 0.493 e. The van der Waals surface area contributed by atoms with Gasteiger partial charge in [0.2, 0.25) is 5.91 Å². The molecule has 8 heteroatoms. The molecule has 1 atom stereocenters. The monoisotopic (exact) mass is 453 g/mol. The molecule has 33 heavy (non-hydrogen) atoms. The van der Waals surface area contributed by atoms with Crippen LogP contribution in [-0.2, 0) is 29.2 Å². The van der Waals surface area contributed by atoms with E-state index in [9.17, 15) is 4.79 Å². The van der Waals surface area contributed by atoms with Crippen LogP contribution in [0.3, 0.4) is 0 Å². The molecule has 1 fully saturated rings. The molecule has 3 heterocycles. The molecule has 0 N–H and O–H groups in total. The number of aromatic nitrogens is 2. The summed E-state index contributed by atoms with van der Waals surface area (Å²) in [6.45, 7) is 4.59. The lowest BCUT2D eigenvalue weighted by Crippen LogP contribution is -2.37. The van der Waals surface area contributed by atoms with E-state index in [4.69, 9.17) is 18.6 Å². The maximum atomic E-state index is 13.2. The summed E-state index contributed by atoms with van der Waals surface area (Å²) in [4.78, 5) is 15.0. The molecule has 8 nitrogen and oxygen atoms in total. The Morgan fingerprint density at radius 1 is 1.27 bits per heavy atom. The Morgan fingerprint density at radius 3 is 2.88 bits per heavy atom. The predicted molar refractivity (Wildman–Crippen MR) is 122 cm³/mol. The maximum Gasteiger partial charge on any atom is 0.224 e. The minimum atomic E-state index is 0.0764. The number of ether oxygens (including phenoxy) is 3. The summed E-state index contributed by atoms with van der Waals surface area (Å²) in [5.41, 5.74) is 1.91. The van der Waals surface area contributed by atoms with Gasteiger partial charge in [0, 0.05) is 38.9 Å². The minimum Gasteiger partial charge on any atom is -0.493 e. The number of rotatable bonds is 11. The van der Waals surface area contributed by atoms with Crippen molar-refractivity contribution in [2.45, 2.75) is 52.0 Å². The molecule has 1 saturated heterocycles. The highest BCUT2D eigenvalue weighted by Gasteiger charge is 2.23. The number of hydrogen-bond donors (Lipinski definition) is 0. The first-order valence-electron chi connectivity index (χ1n) is 11.3. The van der Waals surface area contributed by atoms with Gasteiger partial charge >= 0.3 is 0 Å². The average Bonchev–Trinajstić information content (AvgIpc) is 3.59. The van der Waals surface area contributed by atoms with E-state index in [2.05, 4.69) is 5.10 Å². The van der Waals surface area contributed by atoms with Crippen molar-refractivity contribution in [3.63, 3.8) is 0 Å². The first-order valence-corrected chi connectivity index (χ1v) is 11.3. The van der Waals surface area contributed by atoms with Crippen molar-refractivity contribution in [3.05, 3.63) is 65.9 Å². The van der Waals surface area contributed by atoms with Gasteiger partial charge in [0.05, 0.1) is 25.2 Å². The van der Waals surface area contributed by atoms with Crippen LogP contribution in [0, 0.1) is 6.92 Å². The zero-order valence-electron chi connectivity index (χ0n) is 19.2. The highest BCUT2D eigenvalue weighted by Crippen LogP contribution is 2.30. The third-order valence-electron chi connectivity index (χ3n) is 5.68. The summed E-state index contributed by atoms with van der Waals surface area (Å²) in [6.07, 6.45) is 5.99. The van der Waals surface area contributed by atoms with Crippen LogP contribution in [0.15, 0.2) is 53.3 Å². The lowest BCUT2D eigenvalue weighted by Gasteiger charge is -2.26. The first-order chi connectivity index (χ1) is 16.1. The van der Waals surface area contributed by atoms with Gasteiger partial charge in [-0.25, -0.2) is 0 Å². The highest BCUT2D eigenvalue weighted by atomic mass is 16.5. The van der Waals surface area contributed by atoms with Crippen LogP contribution >= 0.6 is 0 Å². The standard InChI is InChI=1S/C25H31N3O5/c1-19-9-11-28(26-19)12-10-25(29)27(17-21-5-3-13-31-21)16-20-7-8-23(30-2)24(15-20)33-18-22-6-4-14-32-22/h4,6-9,11,14-15,21H,3,5,10,12-13,16-18H2,1-2H3/t21-/m1/s1. The molecule has 0 radical (unpaired) electrons. The van der Waals surface area contributed by atoms with E-state index < -0.39 is 0 Å². The summed E-state index contributed by atoms with van der Waals surface area (Å²) in [7, 11) is 1.61. The summed E-state index contributed by atoms with van der Waals surface area (Å²) >= 11 is 0. The third kappa shape index (κ3) is 6.38. The van der Waals surface area contributed by atoms with Crippen LogP contribution in [0.5, 0.6) is 11.5 Å². The average molecular weight is 454 g/mol. The molecular formula is C25H31N3O5. The number of methoxy groups -OCH3 is 1. The van der Waals surface area contributed by atoms with Gasteiger partial charge in [-0.2, -0.15) is 5.10 Å². The van der Waals surface area contributed by atoms with Crippen LogP contribution < -0.4 is 9.47 Å². The molecule has 176 valence electrons. The number of hydrogen-bond acceptors (Lipinski definition) is 6. The van der Waals surface area contributed by atoms with Crippen molar-refractivity contribution in [1.29, 1.82) is 0 Å². The number of furan rings is 1. The highest BCUT2D eigenvalue weighted by molar-refractivity contribution is 5.76. The lowest BCUT2D eigenvalue weighted by atomic mass is 10.1. The number of carbonyl (C=O) groups excluding carboxylic acids is 1. The molecule has 0 aliphatic carbocycles. The van der Waals surface area contributed by atoms with E-state index in [-0.39, 0.29) is 12.0 Å². The van der Waals surface area contributed by atoms with Gasteiger partial charge in [0.25, 0.3) is 0 Å². The fourth-order valence-corrected chi connectivity index (χ4v) is 3.94. The number of benzene rings is 1. The van der Waals surface area contributed by atoms with Crippen molar-refractivity contribution in [3.8, 4) is 11.5 Å². The van der Waals surface area contributed by atoms with Gasteiger partial charge in [-0.05, 0) is 55.7 Å². The number of amides is 1. The number of aryl methyl sites for hydroxylation is 2. The van der Waals surface area contributed by atoms with Crippen molar-refractivity contribution >= 4 is 5.91 Å². The molecule has 1 aliphatic rings. The van der Waals surface area contributed by atoms with E-state index in [1.807, 2.05) is 59.1 Å². The minimum absolute atomic E-state index is 0.0764. The Hall–Kier alpha value is -3.26. The maximum absolute atomic E-state index is 13.2. The van der Waals surface area contributed by atoms with Gasteiger partial charge in [0.1, 0.15) is 12.4 Å². The molecule has 1 amide bonds. The molecule has 0 saturated carbocycles. The fourth-order valence-electron chi connectivity index (χ4n) is 3.94. The van der Waals surface area contributed by atoms with Crippen molar-refractivity contribution < 1.29 is 23.4 Å². The summed E-state index contributed by atoms with van der Waals surface area (Å²) in [6, 6.07) is 11.4. The smallest absolute Gasteiger partial charge is 0.224 e. The van der Waals surface area contributed by atoms with E-state index in [1.54, 1.807) is 13.4 Å². The van der Waals surface area contributed by atoms with Crippen LogP contribution in [0.4, 0.5) is 0 Å². The van der Waals surface area contributed by atoms with Crippen LogP contribution in [-0.4, -0.2) is 47.0 Å². The van der Waals surface area contributed by atoms with Crippen LogP contribution in [0.2, 0.25) is 0 Å². The Morgan fingerprint density at radius 2 is 2.18 bits per heavy atom. The molecule has 4 rings (SSSR count). The lowest BCUT2D eigenvalue weighted by molar-refractivity contribution is -0.133. The molecule has 0 bridgehead atoms. The van der Waals surface area contributed by atoms with E-state index in [0.29, 0.717) is 44.2 Å². The molecule has 1 aliphatic heterocycles. The Bertz CT molecular complexity index is 1020. The summed E-state index contributed by atoms with van der Waals surface area (Å²) in [5.74, 6) is 2.05. The molecule has 0 unspecified atom stereocenters. The van der Waals surface area contributed by atoms with Crippen molar-refractivity contribution in [2.24, 2.45) is 0 Å². The van der Waals surface area contributed by atoms with Gasteiger partial charge < -0.3 is 23.5 Å². The van der Waals surface area contributed by atoms with E-state index in [0.717, 1.165) is 36.5 Å². The molecular weight excluding hydrogens is 422 g/mol. The van der Waals surface area contributed by atoms with Crippen molar-refractivity contribution in [1.82, 2.24) is 14.7 Å². The Balaban J connectivity index is 1.45. The number of carbonyl (C=O) groups is 1. The normalized spacial score (nSPS) is 15.5. The van der Waals surface area contributed by atoms with Gasteiger partial charge in [-0.15, -0.1) is 0 Å². The number of nitrogens with zero attached hydrogens (tertiary/aromatic N) is 3. The zero-order chi connectivity index (χ0) is 23.0. The quantitative estimate of drug-likeness (QED) is 0.437. The topological polar surface area (TPSA) is 79.0 Å². The van der Waals surface area contributed by atoms with Crippen LogP contribution in [0.25, 0.3) is 0 Å². The van der Waals surface area contributed by atoms with Crippen molar-refractivity contribution in [2.75, 3.05) is 20.3 Å². The molecule has 3 aromatic rings. The van der Waals surface area contributed by atoms with Gasteiger partial charge in [-0.3, -0.25) is 9.48 Å². The second-order valence-corrected chi connectivity index (χ2v) is 8.23. The van der Waals surface area contributed by atoms with E-state index >= 15 is 0 Å². The summed E-state index contributed by atoms with van der Waals surface area (Å²) in [5, 5.41) is 4.38. The summed E-state index contributed by atoms with van der Waals surface area (Å²) < 4.78 is 24.4. The Labute approximate surface area is 194 Å². The van der Waals surface area contributed by atoms with Gasteiger partial charge in [0.15, 0.2) is 11.5 Å². The predicted octanol–water partition coefficient (Wildman–Crippen LogP) is 3.97. The van der Waals surface area contributed by atoms with Crippen LogP contribution in [0.1, 0.15) is 36.3 Å². The second-order valence-electron chi connectivity index (χ2n) is 8.23. The Kier molecular flexibility index (Phi) is 7.67. The van der Waals surface area contributed by atoms with Gasteiger partial charge in [-0.1, -0.05) is 6.07 Å². The molecule has 2 aromatic heterocycles. The molecule has 1 aromatic carbocycles. The zero-order valence-corrected chi connectivity index (χ0v) is 19.2. The third-order valence-corrected chi connectivity index (χ3v) is 5.68. The van der Waals surface area contributed by atoms with E-state index in [1.165, 1.54) is 0 Å². The molecule has 0 spiro atoms. The SMILES string of the molecule is COc1ccc(CN(C[C@H]2CCCO2)C(=O)CCn2ccc(C)n2)cc1OCc1ccco1. The first kappa shape index (κ1) is 22.9. The second kappa shape index (κ2) is 11.0. The fraction of sp³-hybridized carbons (Fsp3) is 0.440.